The molecule has 0 radical (unpaired) electrons. The van der Waals surface area contributed by atoms with Gasteiger partial charge in [0.1, 0.15) is 0 Å². The van der Waals surface area contributed by atoms with E-state index in [2.05, 4.69) is 0 Å². The van der Waals surface area contributed by atoms with Gasteiger partial charge in [0.2, 0.25) is 0 Å². The van der Waals surface area contributed by atoms with E-state index in [1.165, 1.54) is 7.11 Å². The van der Waals surface area contributed by atoms with Crippen LogP contribution >= 0.6 is 0 Å². The molecule has 0 spiro atoms. The van der Waals surface area contributed by atoms with E-state index >= 15 is 0 Å². The molecule has 1 aromatic carbocycles. The van der Waals surface area contributed by atoms with E-state index in [0.717, 1.165) is 25.9 Å². The maximum absolute atomic E-state index is 12.4. The predicted molar refractivity (Wildman–Crippen MR) is 67.4 cm³/mol. The van der Waals surface area contributed by atoms with Crippen molar-refractivity contribution in [3.63, 3.8) is 0 Å². The Hall–Kier alpha value is -1.68. The van der Waals surface area contributed by atoms with Crippen molar-refractivity contribution in [2.45, 2.75) is 18.9 Å². The van der Waals surface area contributed by atoms with Crippen LogP contribution in [-0.2, 0) is 9.53 Å². The number of nitrogens with zero attached hydrogens (tertiary/aromatic N) is 1. The van der Waals surface area contributed by atoms with Crippen LogP contribution in [0.25, 0.3) is 0 Å². The standard InChI is InChI=1S/C14H17NO3/c1-18-14(17)12(15-9-5-6-10-15)13(16)11-7-3-2-4-8-11/h2-4,7-8,12H,5-6,9-10H2,1H3. The van der Waals surface area contributed by atoms with Gasteiger partial charge in [0.25, 0.3) is 0 Å². The van der Waals surface area contributed by atoms with E-state index in [-0.39, 0.29) is 5.78 Å². The molecule has 0 amide bonds. The van der Waals surface area contributed by atoms with E-state index < -0.39 is 12.0 Å². The highest BCUT2D eigenvalue weighted by Crippen LogP contribution is 2.17. The fourth-order valence-corrected chi connectivity index (χ4v) is 2.29. The number of hydrogen-bond donors (Lipinski definition) is 0. The van der Waals surface area contributed by atoms with Gasteiger partial charge in [0.15, 0.2) is 11.8 Å². The molecular formula is C14H17NO3. The van der Waals surface area contributed by atoms with Crippen molar-refractivity contribution in [3.8, 4) is 0 Å². The molecule has 1 atom stereocenters. The van der Waals surface area contributed by atoms with Crippen LogP contribution in [0.4, 0.5) is 0 Å². The Bertz CT molecular complexity index is 424. The lowest BCUT2D eigenvalue weighted by atomic mass is 10.0. The van der Waals surface area contributed by atoms with Crippen molar-refractivity contribution in [2.24, 2.45) is 0 Å². The number of hydrogen-bond acceptors (Lipinski definition) is 4. The molecule has 4 heteroatoms. The molecule has 2 rings (SSSR count). The number of likely N-dealkylation sites (tertiary alicyclic amines) is 1. The maximum Gasteiger partial charge on any atom is 0.331 e. The smallest absolute Gasteiger partial charge is 0.331 e. The predicted octanol–water partition coefficient (Wildman–Crippen LogP) is 1.51. The summed E-state index contributed by atoms with van der Waals surface area (Å²) in [6, 6.07) is 8.11. The first-order valence-electron chi connectivity index (χ1n) is 6.15. The molecule has 1 aromatic rings. The fourth-order valence-electron chi connectivity index (χ4n) is 2.29. The largest absolute Gasteiger partial charge is 0.467 e. The Morgan fingerprint density at radius 2 is 1.78 bits per heavy atom. The molecule has 0 aromatic heterocycles. The zero-order valence-electron chi connectivity index (χ0n) is 10.5. The van der Waals surface area contributed by atoms with Gasteiger partial charge in [0.05, 0.1) is 7.11 Å². The van der Waals surface area contributed by atoms with Gasteiger partial charge in [-0.2, -0.15) is 0 Å². The highest BCUT2D eigenvalue weighted by molar-refractivity contribution is 6.12. The number of ether oxygens (including phenoxy) is 1. The van der Waals surface area contributed by atoms with Gasteiger partial charge in [-0.05, 0) is 25.9 Å². The second-order valence-corrected chi connectivity index (χ2v) is 4.40. The molecule has 0 bridgehead atoms. The number of methoxy groups -OCH3 is 1. The minimum Gasteiger partial charge on any atom is -0.467 e. The van der Waals surface area contributed by atoms with Crippen LogP contribution < -0.4 is 0 Å². The summed E-state index contributed by atoms with van der Waals surface area (Å²) in [4.78, 5) is 26.1. The Labute approximate surface area is 107 Å². The summed E-state index contributed by atoms with van der Waals surface area (Å²) in [5.74, 6) is -0.643. The third kappa shape index (κ3) is 2.59. The minimum absolute atomic E-state index is 0.177. The average Bonchev–Trinajstić information content (AvgIpc) is 2.93. The van der Waals surface area contributed by atoms with Crippen LogP contribution in [0.2, 0.25) is 0 Å². The first-order valence-corrected chi connectivity index (χ1v) is 6.15. The normalized spacial score (nSPS) is 17.4. The van der Waals surface area contributed by atoms with Crippen molar-refractivity contribution in [2.75, 3.05) is 20.2 Å². The molecule has 96 valence electrons. The lowest BCUT2D eigenvalue weighted by Gasteiger charge is -2.23. The number of carbonyl (C=O) groups excluding carboxylic acids is 2. The summed E-state index contributed by atoms with van der Waals surface area (Å²) in [6.07, 6.45) is 2.05. The lowest BCUT2D eigenvalue weighted by Crippen LogP contribution is -2.46. The monoisotopic (exact) mass is 247 g/mol. The third-order valence-corrected chi connectivity index (χ3v) is 3.24. The number of carbonyl (C=O) groups is 2. The van der Waals surface area contributed by atoms with E-state index in [0.29, 0.717) is 5.56 Å². The second-order valence-electron chi connectivity index (χ2n) is 4.40. The molecule has 4 nitrogen and oxygen atoms in total. The van der Waals surface area contributed by atoms with Crippen molar-refractivity contribution in [1.82, 2.24) is 4.90 Å². The fraction of sp³-hybridized carbons (Fsp3) is 0.429. The van der Waals surface area contributed by atoms with E-state index in [1.807, 2.05) is 11.0 Å². The van der Waals surface area contributed by atoms with Gasteiger partial charge in [-0.15, -0.1) is 0 Å². The Morgan fingerprint density at radius 1 is 1.17 bits per heavy atom. The summed E-state index contributed by atoms with van der Waals surface area (Å²) >= 11 is 0. The molecule has 1 fully saturated rings. The second kappa shape index (κ2) is 5.78. The Balaban J connectivity index is 2.23. The van der Waals surface area contributed by atoms with Crippen molar-refractivity contribution in [3.05, 3.63) is 35.9 Å². The van der Waals surface area contributed by atoms with Crippen LogP contribution in [0.1, 0.15) is 23.2 Å². The van der Waals surface area contributed by atoms with Crippen molar-refractivity contribution < 1.29 is 14.3 Å². The van der Waals surface area contributed by atoms with Gasteiger partial charge in [-0.3, -0.25) is 9.69 Å². The van der Waals surface area contributed by atoms with Crippen molar-refractivity contribution in [1.29, 1.82) is 0 Å². The number of benzene rings is 1. The Kier molecular flexibility index (Phi) is 4.10. The maximum atomic E-state index is 12.4. The molecule has 1 saturated heterocycles. The van der Waals surface area contributed by atoms with Gasteiger partial charge in [0, 0.05) is 5.56 Å². The van der Waals surface area contributed by atoms with Gasteiger partial charge in [-0.1, -0.05) is 30.3 Å². The third-order valence-electron chi connectivity index (χ3n) is 3.24. The molecule has 0 aliphatic carbocycles. The van der Waals surface area contributed by atoms with Crippen molar-refractivity contribution >= 4 is 11.8 Å². The summed E-state index contributed by atoms with van der Waals surface area (Å²) in [7, 11) is 1.32. The Morgan fingerprint density at radius 3 is 2.33 bits per heavy atom. The zero-order chi connectivity index (χ0) is 13.0. The van der Waals surface area contributed by atoms with Crippen LogP contribution in [0.15, 0.2) is 30.3 Å². The van der Waals surface area contributed by atoms with Gasteiger partial charge < -0.3 is 4.74 Å². The number of esters is 1. The van der Waals surface area contributed by atoms with Crippen LogP contribution in [0, 0.1) is 0 Å². The topological polar surface area (TPSA) is 46.6 Å². The summed E-state index contributed by atoms with van der Waals surface area (Å²) in [6.45, 7) is 1.55. The molecule has 0 N–H and O–H groups in total. The molecule has 1 aliphatic rings. The quantitative estimate of drug-likeness (QED) is 0.459. The van der Waals surface area contributed by atoms with Crippen LogP contribution in [0.3, 0.4) is 0 Å². The minimum atomic E-state index is -0.792. The van der Waals surface area contributed by atoms with Gasteiger partial charge >= 0.3 is 5.97 Å². The molecule has 1 heterocycles. The summed E-state index contributed by atoms with van der Waals surface area (Å²) in [5.41, 5.74) is 0.555. The summed E-state index contributed by atoms with van der Waals surface area (Å²) < 4.78 is 4.77. The average molecular weight is 247 g/mol. The number of Topliss-reactive ketones (excluding diaryl/α,β-unsaturated/α-hetero) is 1. The van der Waals surface area contributed by atoms with E-state index in [4.69, 9.17) is 4.74 Å². The molecule has 1 aliphatic heterocycles. The lowest BCUT2D eigenvalue weighted by molar-refractivity contribution is -0.144. The van der Waals surface area contributed by atoms with Gasteiger partial charge in [-0.25, -0.2) is 4.79 Å². The molecule has 0 saturated carbocycles. The molecule has 18 heavy (non-hydrogen) atoms. The first kappa shape index (κ1) is 12.8. The molecular weight excluding hydrogens is 230 g/mol. The van der Waals surface area contributed by atoms with E-state index in [1.54, 1.807) is 24.3 Å². The molecule has 1 unspecified atom stereocenters. The summed E-state index contributed by atoms with van der Waals surface area (Å²) in [5, 5.41) is 0. The highest BCUT2D eigenvalue weighted by atomic mass is 16.5. The number of rotatable bonds is 4. The zero-order valence-corrected chi connectivity index (χ0v) is 10.5. The first-order chi connectivity index (χ1) is 8.74. The van der Waals surface area contributed by atoms with E-state index in [9.17, 15) is 9.59 Å². The van der Waals surface area contributed by atoms with Crippen LogP contribution in [-0.4, -0.2) is 42.9 Å². The SMILES string of the molecule is COC(=O)C(C(=O)c1ccccc1)N1CCCC1. The highest BCUT2D eigenvalue weighted by Gasteiger charge is 2.35. The number of ketones is 1. The van der Waals surface area contributed by atoms with Crippen LogP contribution in [0.5, 0.6) is 0 Å².